The second-order valence-corrected chi connectivity index (χ2v) is 5.20. The van der Waals surface area contributed by atoms with E-state index in [0.717, 1.165) is 18.5 Å². The number of amides is 1. The van der Waals surface area contributed by atoms with Gasteiger partial charge in [-0.2, -0.15) is 5.10 Å². The van der Waals surface area contributed by atoms with Crippen LogP contribution < -0.4 is 10.2 Å². The van der Waals surface area contributed by atoms with Crippen LogP contribution in [-0.4, -0.2) is 34.7 Å². The average molecular weight is 308 g/mol. The number of carbonyl (C=O) groups excluding carboxylic acids is 1. The number of aryl methyl sites for hydroxylation is 1. The van der Waals surface area contributed by atoms with Gasteiger partial charge >= 0.3 is 0 Å². The van der Waals surface area contributed by atoms with Crippen LogP contribution in [0.15, 0.2) is 24.4 Å². The highest BCUT2D eigenvalue weighted by molar-refractivity contribution is 6.30. The fraction of sp³-hybridized carbons (Fsp3) is 0.357. The first-order valence-corrected chi connectivity index (χ1v) is 7.13. The fourth-order valence-corrected chi connectivity index (χ4v) is 2.01. The lowest BCUT2D eigenvalue weighted by Crippen LogP contribution is -2.30. The molecule has 6 nitrogen and oxygen atoms in total. The summed E-state index contributed by atoms with van der Waals surface area (Å²) < 4.78 is 0. The van der Waals surface area contributed by atoms with Crippen molar-refractivity contribution in [2.75, 3.05) is 23.8 Å². The second kappa shape index (κ2) is 7.08. The third kappa shape index (κ3) is 4.46. The van der Waals surface area contributed by atoms with Gasteiger partial charge in [0.25, 0.3) is 0 Å². The molecule has 2 aromatic heterocycles. The maximum atomic E-state index is 12.0. The van der Waals surface area contributed by atoms with Gasteiger partial charge in [0.1, 0.15) is 5.82 Å². The summed E-state index contributed by atoms with van der Waals surface area (Å²) in [5.74, 6) is 1.08. The summed E-state index contributed by atoms with van der Waals surface area (Å²) in [5.41, 5.74) is 1.01. The van der Waals surface area contributed by atoms with Gasteiger partial charge in [0.2, 0.25) is 5.91 Å². The van der Waals surface area contributed by atoms with Crippen LogP contribution in [-0.2, 0) is 11.2 Å². The Morgan fingerprint density at radius 1 is 1.48 bits per heavy atom. The molecule has 2 N–H and O–H groups in total. The average Bonchev–Trinajstić information content (AvgIpc) is 2.87. The molecule has 0 aromatic carbocycles. The topological polar surface area (TPSA) is 73.9 Å². The first kappa shape index (κ1) is 15.3. The number of H-pyrrole nitrogens is 1. The van der Waals surface area contributed by atoms with E-state index >= 15 is 0 Å². The van der Waals surface area contributed by atoms with E-state index in [1.807, 2.05) is 6.07 Å². The normalized spacial score (nSPS) is 10.4. The minimum Gasteiger partial charge on any atom is -0.350 e. The van der Waals surface area contributed by atoms with Crippen molar-refractivity contribution < 1.29 is 4.79 Å². The maximum Gasteiger partial charge on any atom is 0.245 e. The van der Waals surface area contributed by atoms with Crippen LogP contribution in [0.25, 0.3) is 0 Å². The standard InChI is InChI=1S/C14H18ClN5O/c1-3-4-11-7-12(19-18-11)17-14(21)9-20(2)13-6-5-10(15)8-16-13/h5-8H,3-4,9H2,1-2H3,(H2,17,18,19,21). The highest BCUT2D eigenvalue weighted by Gasteiger charge is 2.10. The van der Waals surface area contributed by atoms with E-state index in [4.69, 9.17) is 11.6 Å². The van der Waals surface area contributed by atoms with Crippen LogP contribution in [0.4, 0.5) is 11.6 Å². The van der Waals surface area contributed by atoms with Crippen molar-refractivity contribution in [3.05, 3.63) is 35.1 Å². The zero-order valence-electron chi connectivity index (χ0n) is 12.1. The van der Waals surface area contributed by atoms with E-state index in [-0.39, 0.29) is 12.5 Å². The van der Waals surface area contributed by atoms with Gasteiger partial charge in [0.05, 0.1) is 11.6 Å². The molecule has 2 rings (SSSR count). The Kier molecular flexibility index (Phi) is 5.16. The SMILES string of the molecule is CCCc1cc(NC(=O)CN(C)c2ccc(Cl)cn2)n[nH]1. The van der Waals surface area contributed by atoms with Crippen molar-refractivity contribution in [2.45, 2.75) is 19.8 Å². The summed E-state index contributed by atoms with van der Waals surface area (Å²) in [6, 6.07) is 5.36. The molecule has 0 aliphatic carbocycles. The zero-order valence-corrected chi connectivity index (χ0v) is 12.8. The van der Waals surface area contributed by atoms with Crippen molar-refractivity contribution in [1.82, 2.24) is 15.2 Å². The summed E-state index contributed by atoms with van der Waals surface area (Å²) in [5, 5.41) is 10.3. The van der Waals surface area contributed by atoms with Gasteiger partial charge in [0.15, 0.2) is 5.82 Å². The summed E-state index contributed by atoms with van der Waals surface area (Å²) in [7, 11) is 1.79. The van der Waals surface area contributed by atoms with Gasteiger partial charge in [-0.25, -0.2) is 4.98 Å². The number of hydrogen-bond donors (Lipinski definition) is 2. The number of anilines is 2. The molecular weight excluding hydrogens is 290 g/mol. The summed E-state index contributed by atoms with van der Waals surface area (Å²) in [6.07, 6.45) is 3.49. The van der Waals surface area contributed by atoms with E-state index in [1.165, 1.54) is 0 Å². The lowest BCUT2D eigenvalue weighted by atomic mass is 10.2. The van der Waals surface area contributed by atoms with Crippen molar-refractivity contribution in [3.8, 4) is 0 Å². The van der Waals surface area contributed by atoms with Crippen LogP contribution in [0, 0.1) is 0 Å². The molecule has 0 spiro atoms. The van der Waals surface area contributed by atoms with Gasteiger partial charge in [-0.05, 0) is 18.6 Å². The molecule has 112 valence electrons. The van der Waals surface area contributed by atoms with Crippen molar-refractivity contribution in [2.24, 2.45) is 0 Å². The molecule has 1 amide bonds. The highest BCUT2D eigenvalue weighted by atomic mass is 35.5. The lowest BCUT2D eigenvalue weighted by Gasteiger charge is -2.16. The summed E-state index contributed by atoms with van der Waals surface area (Å²) >= 11 is 5.79. The Hall–Kier alpha value is -2.08. The van der Waals surface area contributed by atoms with E-state index < -0.39 is 0 Å². The third-order valence-electron chi connectivity index (χ3n) is 2.90. The van der Waals surface area contributed by atoms with Gasteiger partial charge in [0, 0.05) is 25.0 Å². The Morgan fingerprint density at radius 2 is 2.29 bits per heavy atom. The largest absolute Gasteiger partial charge is 0.350 e. The number of halogens is 1. The molecule has 0 radical (unpaired) electrons. The van der Waals surface area contributed by atoms with Gasteiger partial charge < -0.3 is 10.2 Å². The Morgan fingerprint density at radius 3 is 2.95 bits per heavy atom. The predicted molar refractivity (Wildman–Crippen MR) is 83.7 cm³/mol. The first-order chi connectivity index (χ1) is 10.1. The van der Waals surface area contributed by atoms with E-state index in [9.17, 15) is 4.79 Å². The third-order valence-corrected chi connectivity index (χ3v) is 3.12. The minimum absolute atomic E-state index is 0.149. The molecule has 0 fully saturated rings. The molecule has 0 aliphatic rings. The van der Waals surface area contributed by atoms with Crippen LogP contribution in [0.2, 0.25) is 5.02 Å². The van der Waals surface area contributed by atoms with E-state index in [1.54, 1.807) is 30.3 Å². The molecule has 21 heavy (non-hydrogen) atoms. The smallest absolute Gasteiger partial charge is 0.245 e. The molecule has 2 heterocycles. The van der Waals surface area contributed by atoms with Crippen molar-refractivity contribution >= 4 is 29.1 Å². The lowest BCUT2D eigenvalue weighted by molar-refractivity contribution is -0.114. The maximum absolute atomic E-state index is 12.0. The Balaban J connectivity index is 1.89. The van der Waals surface area contributed by atoms with Crippen LogP contribution in [0.1, 0.15) is 19.0 Å². The van der Waals surface area contributed by atoms with Gasteiger partial charge in [-0.3, -0.25) is 9.89 Å². The van der Waals surface area contributed by atoms with Crippen molar-refractivity contribution in [3.63, 3.8) is 0 Å². The first-order valence-electron chi connectivity index (χ1n) is 6.75. The number of nitrogens with zero attached hydrogens (tertiary/aromatic N) is 3. The number of carbonyl (C=O) groups is 1. The monoisotopic (exact) mass is 307 g/mol. The van der Waals surface area contributed by atoms with Crippen molar-refractivity contribution in [1.29, 1.82) is 0 Å². The molecule has 0 saturated heterocycles. The van der Waals surface area contributed by atoms with Crippen LogP contribution in [0.3, 0.4) is 0 Å². The highest BCUT2D eigenvalue weighted by Crippen LogP contribution is 2.13. The fourth-order valence-electron chi connectivity index (χ4n) is 1.90. The number of pyridine rings is 1. The van der Waals surface area contributed by atoms with E-state index in [0.29, 0.717) is 16.7 Å². The molecule has 2 aromatic rings. The van der Waals surface area contributed by atoms with Crippen LogP contribution in [0.5, 0.6) is 0 Å². The quantitative estimate of drug-likeness (QED) is 0.860. The molecule has 7 heteroatoms. The number of rotatable bonds is 6. The zero-order chi connectivity index (χ0) is 15.2. The molecule has 0 saturated carbocycles. The molecule has 0 atom stereocenters. The van der Waals surface area contributed by atoms with E-state index in [2.05, 4.69) is 27.4 Å². The predicted octanol–water partition coefficient (Wildman–Crippen LogP) is 2.49. The number of hydrogen-bond acceptors (Lipinski definition) is 4. The number of likely N-dealkylation sites (N-methyl/N-ethyl adjacent to an activating group) is 1. The number of nitrogens with one attached hydrogen (secondary N) is 2. The Bertz CT molecular complexity index is 596. The number of aromatic nitrogens is 3. The molecule has 0 aliphatic heterocycles. The molecule has 0 bridgehead atoms. The molecular formula is C14H18ClN5O. The minimum atomic E-state index is -0.149. The van der Waals surface area contributed by atoms with Gasteiger partial charge in [-0.1, -0.05) is 24.9 Å². The molecule has 0 unspecified atom stereocenters. The summed E-state index contributed by atoms with van der Waals surface area (Å²) in [4.78, 5) is 17.9. The van der Waals surface area contributed by atoms with Crippen LogP contribution >= 0.6 is 11.6 Å². The van der Waals surface area contributed by atoms with Gasteiger partial charge in [-0.15, -0.1) is 0 Å². The summed E-state index contributed by atoms with van der Waals surface area (Å²) in [6.45, 7) is 2.28. The number of aromatic amines is 1. The Labute approximate surface area is 128 Å². The second-order valence-electron chi connectivity index (χ2n) is 4.77.